The van der Waals surface area contributed by atoms with Crippen molar-refractivity contribution in [2.24, 2.45) is 17.8 Å². The molecule has 3 heterocycles. The fourth-order valence-corrected chi connectivity index (χ4v) is 2.91. The highest BCUT2D eigenvalue weighted by atomic mass is 16.4. The van der Waals surface area contributed by atoms with Gasteiger partial charge in [0.05, 0.1) is 5.92 Å². The molecule has 80 valence electrons. The maximum atomic E-state index is 10.8. The first-order valence-electron chi connectivity index (χ1n) is 5.62. The van der Waals surface area contributed by atoms with Crippen LogP contribution in [0.1, 0.15) is 26.2 Å². The fourth-order valence-electron chi connectivity index (χ4n) is 2.91. The van der Waals surface area contributed by atoms with Gasteiger partial charge >= 0.3 is 5.97 Å². The Morgan fingerprint density at radius 1 is 1.50 bits per heavy atom. The lowest BCUT2D eigenvalue weighted by molar-refractivity contribution is -0.142. The Hall–Kier alpha value is -0.570. The van der Waals surface area contributed by atoms with E-state index in [0.717, 1.165) is 18.9 Å². The van der Waals surface area contributed by atoms with E-state index < -0.39 is 5.97 Å². The molecule has 3 rings (SSSR count). The van der Waals surface area contributed by atoms with Crippen LogP contribution in [0, 0.1) is 17.8 Å². The van der Waals surface area contributed by atoms with Gasteiger partial charge in [0.25, 0.3) is 0 Å². The van der Waals surface area contributed by atoms with Gasteiger partial charge < -0.3 is 10.0 Å². The van der Waals surface area contributed by atoms with Crippen LogP contribution in [-0.4, -0.2) is 35.6 Å². The van der Waals surface area contributed by atoms with Crippen molar-refractivity contribution in [1.29, 1.82) is 0 Å². The Morgan fingerprint density at radius 3 is 2.57 bits per heavy atom. The van der Waals surface area contributed by atoms with Crippen LogP contribution >= 0.6 is 0 Å². The minimum Gasteiger partial charge on any atom is -0.481 e. The molecule has 2 bridgehead atoms. The second-order valence-electron chi connectivity index (χ2n) is 4.87. The van der Waals surface area contributed by atoms with E-state index >= 15 is 0 Å². The Kier molecular flexibility index (Phi) is 2.77. The van der Waals surface area contributed by atoms with Crippen LogP contribution in [-0.2, 0) is 4.79 Å². The Labute approximate surface area is 85.1 Å². The van der Waals surface area contributed by atoms with Crippen molar-refractivity contribution in [1.82, 2.24) is 4.90 Å². The van der Waals surface area contributed by atoms with Gasteiger partial charge in [-0.05, 0) is 44.2 Å². The second-order valence-corrected chi connectivity index (χ2v) is 4.87. The van der Waals surface area contributed by atoms with Gasteiger partial charge in [-0.2, -0.15) is 0 Å². The van der Waals surface area contributed by atoms with E-state index in [4.69, 9.17) is 5.11 Å². The third-order valence-corrected chi connectivity index (χ3v) is 3.87. The zero-order valence-electron chi connectivity index (χ0n) is 8.78. The number of nitrogens with zero attached hydrogens (tertiary/aromatic N) is 1. The number of carbonyl (C=O) groups is 1. The quantitative estimate of drug-likeness (QED) is 0.744. The average molecular weight is 197 g/mol. The number of hydrogen-bond acceptors (Lipinski definition) is 2. The molecule has 0 aromatic heterocycles. The number of rotatable bonds is 3. The van der Waals surface area contributed by atoms with Crippen molar-refractivity contribution in [2.45, 2.75) is 26.2 Å². The molecule has 3 nitrogen and oxygen atoms in total. The van der Waals surface area contributed by atoms with E-state index in [0.29, 0.717) is 5.92 Å². The maximum absolute atomic E-state index is 10.8. The molecule has 3 aliphatic heterocycles. The standard InChI is InChI=1S/C11H19NO2/c1-8(11(13)14)6-10-7-12-4-2-9(10)3-5-12/h8-10H,2-7H2,1H3,(H,13,14). The van der Waals surface area contributed by atoms with Crippen LogP contribution < -0.4 is 0 Å². The van der Waals surface area contributed by atoms with E-state index in [2.05, 4.69) is 4.90 Å². The minimum absolute atomic E-state index is 0.166. The van der Waals surface area contributed by atoms with Crippen LogP contribution in [0.25, 0.3) is 0 Å². The van der Waals surface area contributed by atoms with Crippen LogP contribution in [0.3, 0.4) is 0 Å². The average Bonchev–Trinajstić information content (AvgIpc) is 2.19. The molecule has 0 aliphatic carbocycles. The van der Waals surface area contributed by atoms with Crippen LogP contribution in [0.15, 0.2) is 0 Å². The Bertz CT molecular complexity index is 221. The molecule has 0 amide bonds. The molecular weight excluding hydrogens is 178 g/mol. The van der Waals surface area contributed by atoms with E-state index in [1.807, 2.05) is 6.92 Å². The molecule has 0 aromatic carbocycles. The van der Waals surface area contributed by atoms with Gasteiger partial charge in [-0.15, -0.1) is 0 Å². The summed E-state index contributed by atoms with van der Waals surface area (Å²) in [5.74, 6) is 0.646. The SMILES string of the molecule is CC(CC1CN2CCC1CC2)C(=O)O. The van der Waals surface area contributed by atoms with Crippen molar-refractivity contribution in [2.75, 3.05) is 19.6 Å². The number of carboxylic acid groups (broad SMARTS) is 1. The first kappa shape index (κ1) is 9.97. The van der Waals surface area contributed by atoms with Gasteiger partial charge in [-0.25, -0.2) is 0 Å². The van der Waals surface area contributed by atoms with Gasteiger partial charge in [0.15, 0.2) is 0 Å². The van der Waals surface area contributed by atoms with E-state index in [-0.39, 0.29) is 5.92 Å². The van der Waals surface area contributed by atoms with E-state index in [9.17, 15) is 4.79 Å². The molecule has 3 aliphatic rings. The lowest BCUT2D eigenvalue weighted by atomic mass is 9.75. The van der Waals surface area contributed by atoms with Crippen molar-refractivity contribution >= 4 is 5.97 Å². The maximum Gasteiger partial charge on any atom is 0.306 e. The summed E-state index contributed by atoms with van der Waals surface area (Å²) < 4.78 is 0. The topological polar surface area (TPSA) is 40.5 Å². The summed E-state index contributed by atoms with van der Waals surface area (Å²) in [5, 5.41) is 8.87. The molecule has 14 heavy (non-hydrogen) atoms. The highest BCUT2D eigenvalue weighted by Crippen LogP contribution is 2.35. The molecule has 0 saturated carbocycles. The summed E-state index contributed by atoms with van der Waals surface area (Å²) in [6, 6.07) is 0. The first-order chi connectivity index (χ1) is 6.66. The van der Waals surface area contributed by atoms with Gasteiger partial charge in [-0.3, -0.25) is 4.79 Å². The Morgan fingerprint density at radius 2 is 2.14 bits per heavy atom. The van der Waals surface area contributed by atoms with Crippen molar-refractivity contribution in [3.8, 4) is 0 Å². The smallest absolute Gasteiger partial charge is 0.306 e. The van der Waals surface area contributed by atoms with E-state index in [1.165, 1.54) is 25.9 Å². The van der Waals surface area contributed by atoms with Crippen molar-refractivity contribution in [3.05, 3.63) is 0 Å². The molecule has 1 N–H and O–H groups in total. The van der Waals surface area contributed by atoms with Gasteiger partial charge in [0, 0.05) is 6.54 Å². The molecule has 3 saturated heterocycles. The van der Waals surface area contributed by atoms with Crippen molar-refractivity contribution < 1.29 is 9.90 Å². The number of aliphatic carboxylic acids is 1. The number of fused-ring (bicyclic) bond motifs is 3. The third kappa shape index (κ3) is 1.92. The van der Waals surface area contributed by atoms with Gasteiger partial charge in [-0.1, -0.05) is 6.92 Å². The summed E-state index contributed by atoms with van der Waals surface area (Å²) in [6.07, 6.45) is 3.45. The van der Waals surface area contributed by atoms with Crippen LogP contribution in [0.5, 0.6) is 0 Å². The van der Waals surface area contributed by atoms with Gasteiger partial charge in [0.1, 0.15) is 0 Å². The largest absolute Gasteiger partial charge is 0.481 e. The van der Waals surface area contributed by atoms with E-state index in [1.54, 1.807) is 0 Å². The minimum atomic E-state index is -0.638. The molecule has 0 spiro atoms. The third-order valence-electron chi connectivity index (χ3n) is 3.87. The summed E-state index contributed by atoms with van der Waals surface area (Å²) >= 11 is 0. The lowest BCUT2D eigenvalue weighted by Crippen LogP contribution is -2.48. The first-order valence-corrected chi connectivity index (χ1v) is 5.62. The number of hydrogen-bond donors (Lipinski definition) is 1. The molecule has 2 unspecified atom stereocenters. The molecule has 0 aromatic rings. The molecule has 3 fully saturated rings. The van der Waals surface area contributed by atoms with Gasteiger partial charge in [0.2, 0.25) is 0 Å². The number of piperidine rings is 3. The zero-order chi connectivity index (χ0) is 10.1. The molecule has 2 atom stereocenters. The fraction of sp³-hybridized carbons (Fsp3) is 0.909. The van der Waals surface area contributed by atoms with Crippen LogP contribution in [0.4, 0.5) is 0 Å². The summed E-state index contributed by atoms with van der Waals surface area (Å²) in [4.78, 5) is 13.3. The summed E-state index contributed by atoms with van der Waals surface area (Å²) in [7, 11) is 0. The summed E-state index contributed by atoms with van der Waals surface area (Å²) in [6.45, 7) is 5.45. The molecular formula is C11H19NO2. The highest BCUT2D eigenvalue weighted by Gasteiger charge is 2.35. The monoisotopic (exact) mass is 197 g/mol. The predicted octanol–water partition coefficient (Wildman–Crippen LogP) is 1.44. The second kappa shape index (κ2) is 3.89. The predicted molar refractivity (Wildman–Crippen MR) is 54.1 cm³/mol. The summed E-state index contributed by atoms with van der Waals surface area (Å²) in [5.41, 5.74) is 0. The van der Waals surface area contributed by atoms with Crippen molar-refractivity contribution in [3.63, 3.8) is 0 Å². The molecule has 3 heteroatoms. The highest BCUT2D eigenvalue weighted by molar-refractivity contribution is 5.69. The Balaban J connectivity index is 1.89. The zero-order valence-corrected chi connectivity index (χ0v) is 8.78. The van der Waals surface area contributed by atoms with Crippen LogP contribution in [0.2, 0.25) is 0 Å². The number of carboxylic acids is 1. The molecule has 0 radical (unpaired) electrons. The lowest BCUT2D eigenvalue weighted by Gasteiger charge is -2.45. The normalized spacial score (nSPS) is 38.2.